The predicted molar refractivity (Wildman–Crippen MR) is 83.7 cm³/mol. The fourth-order valence-corrected chi connectivity index (χ4v) is 2.66. The van der Waals surface area contributed by atoms with Crippen LogP contribution in [-0.2, 0) is 9.73 Å². The third-order valence-electron chi connectivity index (χ3n) is 2.82. The van der Waals surface area contributed by atoms with Crippen molar-refractivity contribution in [2.75, 3.05) is 12.5 Å². The van der Waals surface area contributed by atoms with Crippen molar-refractivity contribution in [3.8, 4) is 5.82 Å². The lowest BCUT2D eigenvalue weighted by Crippen LogP contribution is -2.02. The van der Waals surface area contributed by atoms with Gasteiger partial charge in [-0.05, 0) is 23.7 Å². The second-order valence-electron chi connectivity index (χ2n) is 4.97. The van der Waals surface area contributed by atoms with Gasteiger partial charge in [0.2, 0.25) is 5.28 Å². The molecule has 3 rings (SSSR count). The molecule has 0 aliphatic heterocycles. The van der Waals surface area contributed by atoms with E-state index in [9.17, 15) is 13.0 Å². The van der Waals surface area contributed by atoms with Crippen LogP contribution in [0.3, 0.4) is 0 Å². The molecule has 0 unspecified atom stereocenters. The first-order valence-electron chi connectivity index (χ1n) is 6.28. The summed E-state index contributed by atoms with van der Waals surface area (Å²) in [5.41, 5.74) is 0.0692. The average Bonchev–Trinajstić information content (AvgIpc) is 2.76. The molecule has 0 bridgehead atoms. The van der Waals surface area contributed by atoms with E-state index in [1.165, 1.54) is 24.8 Å². The van der Waals surface area contributed by atoms with Crippen molar-refractivity contribution < 1.29 is 13.0 Å². The van der Waals surface area contributed by atoms with Gasteiger partial charge in [-0.1, -0.05) is 0 Å². The number of hydrogen-bond donors (Lipinski definition) is 0. The Morgan fingerprint density at radius 2 is 1.96 bits per heavy atom. The Kier molecular flexibility index (Phi) is 3.77. The van der Waals surface area contributed by atoms with Gasteiger partial charge >= 0.3 is 0 Å². The molecule has 10 heteroatoms. The van der Waals surface area contributed by atoms with E-state index in [1.54, 1.807) is 0 Å². The van der Waals surface area contributed by atoms with Crippen molar-refractivity contribution in [3.05, 3.63) is 41.4 Å². The molecule has 0 fully saturated rings. The number of pyridine rings is 1. The summed E-state index contributed by atoms with van der Waals surface area (Å²) in [4.78, 5) is 11.6. The summed E-state index contributed by atoms with van der Waals surface area (Å²) in [5.74, 6) is -1.51. The number of aromatic nitrogens is 4. The van der Waals surface area contributed by atoms with Crippen LogP contribution in [0.25, 0.3) is 16.9 Å². The highest BCUT2D eigenvalue weighted by atomic mass is 35.5. The van der Waals surface area contributed by atoms with Gasteiger partial charge in [-0.15, -0.1) is 0 Å². The molecule has 0 atom stereocenters. The summed E-state index contributed by atoms with van der Waals surface area (Å²) >= 11 is 5.72. The van der Waals surface area contributed by atoms with Crippen LogP contribution in [0.4, 0.5) is 14.6 Å². The Bertz CT molecular complexity index is 1030. The second kappa shape index (κ2) is 5.50. The van der Waals surface area contributed by atoms with E-state index in [2.05, 4.69) is 19.3 Å². The van der Waals surface area contributed by atoms with Crippen LogP contribution in [0.5, 0.6) is 0 Å². The summed E-state index contributed by atoms with van der Waals surface area (Å²) < 4.78 is 44.9. The molecule has 0 aromatic carbocycles. The number of hydrogen-bond acceptors (Lipinski definition) is 5. The molecule has 3 aromatic rings. The normalized spacial score (nSPS) is 11.9. The third kappa shape index (κ3) is 3.15. The van der Waals surface area contributed by atoms with Gasteiger partial charge in [0.05, 0.1) is 5.39 Å². The van der Waals surface area contributed by atoms with E-state index in [1.807, 2.05) is 0 Å². The number of nitrogens with zero attached hydrogens (tertiary/aromatic N) is 5. The Morgan fingerprint density at radius 1 is 1.22 bits per heavy atom. The summed E-state index contributed by atoms with van der Waals surface area (Å²) in [6.45, 7) is 0. The Labute approximate surface area is 135 Å². The summed E-state index contributed by atoms with van der Waals surface area (Å²) in [6.07, 6.45) is 5.08. The first kappa shape index (κ1) is 15.8. The topological polar surface area (TPSA) is 73.0 Å². The van der Waals surface area contributed by atoms with Crippen LogP contribution in [0.15, 0.2) is 28.9 Å². The highest BCUT2D eigenvalue weighted by Gasteiger charge is 2.16. The van der Waals surface area contributed by atoms with Gasteiger partial charge in [0, 0.05) is 34.6 Å². The molecule has 0 N–H and O–H groups in total. The van der Waals surface area contributed by atoms with E-state index in [0.29, 0.717) is 0 Å². The smallest absolute Gasteiger partial charge is 0.224 e. The monoisotopic (exact) mass is 357 g/mol. The van der Waals surface area contributed by atoms with Crippen molar-refractivity contribution in [1.29, 1.82) is 0 Å². The van der Waals surface area contributed by atoms with Crippen molar-refractivity contribution >= 4 is 38.2 Å². The zero-order valence-corrected chi connectivity index (χ0v) is 13.6. The molecule has 0 aliphatic rings. The zero-order valence-electron chi connectivity index (χ0n) is 12.0. The van der Waals surface area contributed by atoms with Crippen molar-refractivity contribution in [2.45, 2.75) is 0 Å². The molecule has 0 amide bonds. The van der Waals surface area contributed by atoms with Crippen molar-refractivity contribution in [3.63, 3.8) is 0 Å². The molecule has 3 heterocycles. The predicted octanol–water partition coefficient (Wildman–Crippen LogP) is 3.11. The fourth-order valence-electron chi connectivity index (χ4n) is 1.98. The van der Waals surface area contributed by atoms with Crippen LogP contribution in [0, 0.1) is 11.6 Å². The van der Waals surface area contributed by atoms with Gasteiger partial charge < -0.3 is 0 Å². The molecule has 0 saturated carbocycles. The second-order valence-corrected chi connectivity index (χ2v) is 7.85. The lowest BCUT2D eigenvalue weighted by atomic mass is 10.4. The zero-order chi connectivity index (χ0) is 16.8. The van der Waals surface area contributed by atoms with Crippen LogP contribution in [0.1, 0.15) is 0 Å². The molecular formula is C13H10ClF2N5OS. The first-order valence-corrected chi connectivity index (χ1v) is 8.99. The van der Waals surface area contributed by atoms with Crippen LogP contribution in [-0.4, -0.2) is 36.2 Å². The lowest BCUT2D eigenvalue weighted by Gasteiger charge is -2.06. The number of fused-ring (bicyclic) bond motifs is 1. The Hall–Kier alpha value is -2.13. The largest absolute Gasteiger partial charge is 0.280 e. The van der Waals surface area contributed by atoms with Gasteiger partial charge in [0.25, 0.3) is 0 Å². The van der Waals surface area contributed by atoms with Gasteiger partial charge in [-0.25, -0.2) is 23.0 Å². The number of halogens is 3. The van der Waals surface area contributed by atoms with Gasteiger partial charge in [-0.2, -0.15) is 9.35 Å². The molecule has 0 saturated heterocycles. The van der Waals surface area contributed by atoms with Gasteiger partial charge in [-0.3, -0.25) is 4.57 Å². The van der Waals surface area contributed by atoms with Crippen molar-refractivity contribution in [1.82, 2.24) is 19.5 Å². The van der Waals surface area contributed by atoms with Crippen LogP contribution < -0.4 is 0 Å². The molecule has 6 nitrogen and oxygen atoms in total. The lowest BCUT2D eigenvalue weighted by molar-refractivity contribution is 0.606. The van der Waals surface area contributed by atoms with E-state index < -0.39 is 21.4 Å². The van der Waals surface area contributed by atoms with Crippen LogP contribution >= 0.6 is 11.6 Å². The highest BCUT2D eigenvalue weighted by Crippen LogP contribution is 2.25. The molecule has 23 heavy (non-hydrogen) atoms. The molecule has 0 radical (unpaired) electrons. The summed E-state index contributed by atoms with van der Waals surface area (Å²) in [6, 6.07) is 2.40. The van der Waals surface area contributed by atoms with E-state index >= 15 is 0 Å². The maximum absolute atomic E-state index is 14.1. The first-order chi connectivity index (χ1) is 10.7. The van der Waals surface area contributed by atoms with E-state index in [-0.39, 0.29) is 28.0 Å². The molecule has 120 valence electrons. The number of rotatable bonds is 2. The minimum atomic E-state index is -2.47. The Balaban J connectivity index is 2.29. The summed E-state index contributed by atoms with van der Waals surface area (Å²) in [7, 11) is -2.47. The third-order valence-corrected chi connectivity index (χ3v) is 3.63. The molecule has 0 spiro atoms. The SMILES string of the molecule is CS(C)(=O)=Nc1ccc(F)c(-n2cc(F)c3cnc(Cl)nc32)n1. The molecular weight excluding hydrogens is 348 g/mol. The molecule has 3 aromatic heterocycles. The van der Waals surface area contributed by atoms with Crippen LogP contribution in [0.2, 0.25) is 5.28 Å². The standard InChI is InChI=1S/C13H10ClF2N5OS/c1-23(2,22)20-10-4-3-8(15)12(18-10)21-6-9(16)7-5-17-13(14)19-11(7)21/h3-6H,1-2H3. The maximum atomic E-state index is 14.1. The fraction of sp³-hybridized carbons (Fsp3) is 0.154. The van der Waals surface area contributed by atoms with Crippen molar-refractivity contribution in [2.24, 2.45) is 4.36 Å². The maximum Gasteiger partial charge on any atom is 0.224 e. The summed E-state index contributed by atoms with van der Waals surface area (Å²) in [5, 5.41) is -0.0315. The quantitative estimate of drug-likeness (QED) is 0.660. The van der Waals surface area contributed by atoms with Gasteiger partial charge in [0.15, 0.2) is 28.9 Å². The Morgan fingerprint density at radius 3 is 2.65 bits per heavy atom. The van der Waals surface area contributed by atoms with E-state index in [0.717, 1.165) is 16.8 Å². The average molecular weight is 358 g/mol. The van der Waals surface area contributed by atoms with Gasteiger partial charge in [0.1, 0.15) is 0 Å². The minimum Gasteiger partial charge on any atom is -0.280 e. The molecule has 0 aliphatic carbocycles. The van der Waals surface area contributed by atoms with E-state index in [4.69, 9.17) is 11.6 Å². The minimum absolute atomic E-state index is 0.0683. The highest BCUT2D eigenvalue weighted by molar-refractivity contribution is 7.92.